The number of hydrogen-bond donors (Lipinski definition) is 0. The number of benzene rings is 1. The van der Waals surface area contributed by atoms with E-state index in [1.807, 2.05) is 0 Å². The fourth-order valence-electron chi connectivity index (χ4n) is 1.33. The zero-order valence-corrected chi connectivity index (χ0v) is 8.46. The van der Waals surface area contributed by atoms with E-state index >= 15 is 0 Å². The van der Waals surface area contributed by atoms with Crippen LogP contribution in [0.4, 0.5) is 5.69 Å². The van der Waals surface area contributed by atoms with Crippen molar-refractivity contribution in [1.29, 1.82) is 0 Å². The van der Waals surface area contributed by atoms with Gasteiger partial charge in [-0.05, 0) is 25.5 Å². The first-order valence-corrected chi connectivity index (χ1v) is 4.26. The topological polar surface area (TPSA) is 60.2 Å². The third-order valence-electron chi connectivity index (χ3n) is 1.83. The van der Waals surface area contributed by atoms with Crippen LogP contribution in [-0.4, -0.2) is 10.7 Å². The second-order valence-corrected chi connectivity index (χ2v) is 3.37. The molecule has 0 aliphatic rings. The lowest BCUT2D eigenvalue weighted by molar-refractivity contribution is -0.385. The zero-order chi connectivity index (χ0) is 10.9. The summed E-state index contributed by atoms with van der Waals surface area (Å²) in [5.41, 5.74) is 0.415. The molecule has 0 saturated carbocycles. The number of ketones is 1. The summed E-state index contributed by atoms with van der Waals surface area (Å²) in [6.45, 7) is 2.92. The van der Waals surface area contributed by atoms with Crippen LogP contribution in [0.2, 0.25) is 5.02 Å². The molecule has 0 radical (unpaired) electrons. The van der Waals surface area contributed by atoms with Gasteiger partial charge < -0.3 is 0 Å². The molecule has 0 heterocycles. The van der Waals surface area contributed by atoms with E-state index < -0.39 is 4.92 Å². The molecule has 1 rings (SSSR count). The van der Waals surface area contributed by atoms with Crippen LogP contribution in [-0.2, 0) is 0 Å². The number of halogens is 1. The van der Waals surface area contributed by atoms with Crippen molar-refractivity contribution in [1.82, 2.24) is 0 Å². The summed E-state index contributed by atoms with van der Waals surface area (Å²) in [6.07, 6.45) is 0. The molecule has 0 bridgehead atoms. The smallest absolute Gasteiger partial charge is 0.281 e. The molecular weight excluding hydrogens is 206 g/mol. The lowest BCUT2D eigenvalue weighted by Crippen LogP contribution is -2.02. The van der Waals surface area contributed by atoms with Gasteiger partial charge in [0, 0.05) is 11.1 Å². The predicted octanol–water partition coefficient (Wildman–Crippen LogP) is 2.76. The molecule has 14 heavy (non-hydrogen) atoms. The SMILES string of the molecule is CC(=O)c1c(C)cc(Cl)cc1[N+](=O)[O-]. The van der Waals surface area contributed by atoms with Crippen LogP contribution in [0.3, 0.4) is 0 Å². The van der Waals surface area contributed by atoms with Crippen LogP contribution >= 0.6 is 11.6 Å². The zero-order valence-electron chi connectivity index (χ0n) is 7.70. The van der Waals surface area contributed by atoms with Gasteiger partial charge in [0.2, 0.25) is 0 Å². The summed E-state index contributed by atoms with van der Waals surface area (Å²) in [5.74, 6) is -0.328. The second kappa shape index (κ2) is 3.75. The number of hydrogen-bond acceptors (Lipinski definition) is 3. The van der Waals surface area contributed by atoms with Crippen molar-refractivity contribution < 1.29 is 9.72 Å². The van der Waals surface area contributed by atoms with Crippen LogP contribution in [0, 0.1) is 17.0 Å². The molecule has 0 amide bonds. The van der Waals surface area contributed by atoms with Crippen LogP contribution in [0.1, 0.15) is 22.8 Å². The average molecular weight is 214 g/mol. The molecule has 0 N–H and O–H groups in total. The van der Waals surface area contributed by atoms with Crippen molar-refractivity contribution in [2.24, 2.45) is 0 Å². The largest absolute Gasteiger partial charge is 0.294 e. The maximum atomic E-state index is 11.2. The number of nitrogens with zero attached hydrogens (tertiary/aromatic N) is 1. The Balaban J connectivity index is 3.52. The highest BCUT2D eigenvalue weighted by atomic mass is 35.5. The van der Waals surface area contributed by atoms with Gasteiger partial charge in [-0.2, -0.15) is 0 Å². The normalized spacial score (nSPS) is 9.93. The first kappa shape index (κ1) is 10.7. The van der Waals surface area contributed by atoms with Crippen molar-refractivity contribution >= 4 is 23.1 Å². The Kier molecular flexibility index (Phi) is 2.86. The van der Waals surface area contributed by atoms with Gasteiger partial charge in [-0.25, -0.2) is 0 Å². The minimum absolute atomic E-state index is 0.124. The number of nitro groups is 1. The summed E-state index contributed by atoms with van der Waals surface area (Å²) in [4.78, 5) is 21.2. The molecule has 0 aromatic heterocycles. The van der Waals surface area contributed by atoms with Gasteiger partial charge in [0.1, 0.15) is 0 Å². The molecule has 0 atom stereocenters. The minimum atomic E-state index is -0.602. The van der Waals surface area contributed by atoms with Gasteiger partial charge in [0.05, 0.1) is 10.5 Å². The van der Waals surface area contributed by atoms with E-state index in [0.717, 1.165) is 0 Å². The third kappa shape index (κ3) is 1.90. The van der Waals surface area contributed by atoms with E-state index in [9.17, 15) is 14.9 Å². The Hall–Kier alpha value is -1.42. The first-order chi connectivity index (χ1) is 6.43. The molecule has 1 aromatic rings. The Morgan fingerprint density at radius 1 is 1.50 bits per heavy atom. The molecule has 0 saturated heterocycles. The van der Waals surface area contributed by atoms with E-state index in [0.29, 0.717) is 5.56 Å². The molecule has 0 aliphatic heterocycles. The van der Waals surface area contributed by atoms with Gasteiger partial charge in [0.15, 0.2) is 5.78 Å². The Morgan fingerprint density at radius 3 is 2.50 bits per heavy atom. The van der Waals surface area contributed by atoms with E-state index in [1.165, 1.54) is 19.1 Å². The van der Waals surface area contributed by atoms with Gasteiger partial charge in [-0.15, -0.1) is 0 Å². The van der Waals surface area contributed by atoms with Gasteiger partial charge in [-0.1, -0.05) is 11.6 Å². The molecular formula is C9H8ClNO3. The quantitative estimate of drug-likeness (QED) is 0.431. The van der Waals surface area contributed by atoms with Crippen molar-refractivity contribution in [2.75, 3.05) is 0 Å². The molecule has 0 aliphatic carbocycles. The molecule has 0 fully saturated rings. The fraction of sp³-hybridized carbons (Fsp3) is 0.222. The molecule has 74 valence electrons. The van der Waals surface area contributed by atoms with Crippen LogP contribution in [0.5, 0.6) is 0 Å². The highest BCUT2D eigenvalue weighted by molar-refractivity contribution is 6.31. The van der Waals surface area contributed by atoms with Crippen molar-refractivity contribution in [3.05, 3.63) is 38.4 Å². The van der Waals surface area contributed by atoms with Crippen LogP contribution < -0.4 is 0 Å². The van der Waals surface area contributed by atoms with Gasteiger partial charge in [-0.3, -0.25) is 14.9 Å². The Labute approximate surface area is 85.6 Å². The standard InChI is InChI=1S/C9H8ClNO3/c1-5-3-7(10)4-8(11(13)14)9(5)6(2)12/h3-4H,1-2H3. The number of carbonyl (C=O) groups is 1. The summed E-state index contributed by atoms with van der Waals surface area (Å²) in [6, 6.07) is 2.72. The monoisotopic (exact) mass is 213 g/mol. The van der Waals surface area contributed by atoms with E-state index in [4.69, 9.17) is 11.6 Å². The lowest BCUT2D eigenvalue weighted by Gasteiger charge is -2.03. The van der Waals surface area contributed by atoms with Crippen molar-refractivity contribution in [3.8, 4) is 0 Å². The van der Waals surface area contributed by atoms with E-state index in [2.05, 4.69) is 0 Å². The fourth-order valence-corrected chi connectivity index (χ4v) is 1.59. The summed E-state index contributed by atoms with van der Waals surface area (Å²) in [7, 11) is 0. The van der Waals surface area contributed by atoms with Gasteiger partial charge >= 0.3 is 0 Å². The Morgan fingerprint density at radius 2 is 2.07 bits per heavy atom. The number of nitro benzene ring substituents is 1. The highest BCUT2D eigenvalue weighted by Crippen LogP contribution is 2.27. The minimum Gasteiger partial charge on any atom is -0.294 e. The number of aryl methyl sites for hydroxylation is 1. The van der Waals surface area contributed by atoms with E-state index in [-0.39, 0.29) is 22.1 Å². The average Bonchev–Trinajstić information content (AvgIpc) is 2.01. The number of Topliss-reactive ketones (excluding diaryl/α,β-unsaturated/α-hetero) is 1. The third-order valence-corrected chi connectivity index (χ3v) is 2.05. The highest BCUT2D eigenvalue weighted by Gasteiger charge is 2.20. The molecule has 1 aromatic carbocycles. The lowest BCUT2D eigenvalue weighted by atomic mass is 10.0. The van der Waals surface area contributed by atoms with Crippen molar-refractivity contribution in [3.63, 3.8) is 0 Å². The summed E-state index contributed by atoms with van der Waals surface area (Å²) < 4.78 is 0. The molecule has 0 unspecified atom stereocenters. The molecule has 0 spiro atoms. The maximum Gasteiger partial charge on any atom is 0.281 e. The summed E-state index contributed by atoms with van der Waals surface area (Å²) in [5, 5.41) is 10.9. The Bertz CT molecular complexity index is 415. The van der Waals surface area contributed by atoms with Crippen molar-refractivity contribution in [2.45, 2.75) is 13.8 Å². The number of carbonyl (C=O) groups excluding carboxylic acids is 1. The summed E-state index contributed by atoms with van der Waals surface area (Å²) >= 11 is 5.66. The molecule has 4 nitrogen and oxygen atoms in total. The van der Waals surface area contributed by atoms with E-state index in [1.54, 1.807) is 6.92 Å². The second-order valence-electron chi connectivity index (χ2n) is 2.93. The van der Waals surface area contributed by atoms with Crippen LogP contribution in [0.15, 0.2) is 12.1 Å². The maximum absolute atomic E-state index is 11.2. The predicted molar refractivity (Wildman–Crippen MR) is 52.8 cm³/mol. The molecule has 5 heteroatoms. The van der Waals surface area contributed by atoms with Gasteiger partial charge in [0.25, 0.3) is 5.69 Å². The number of rotatable bonds is 2. The first-order valence-electron chi connectivity index (χ1n) is 3.89. The van der Waals surface area contributed by atoms with Crippen LogP contribution in [0.25, 0.3) is 0 Å².